The third-order valence-electron chi connectivity index (χ3n) is 1.82. The molecule has 1 rings (SSSR count). The second-order valence-corrected chi connectivity index (χ2v) is 4.36. The lowest BCUT2D eigenvalue weighted by molar-refractivity contribution is 0.146. The van der Waals surface area contributed by atoms with Crippen LogP contribution in [0.5, 0.6) is 0 Å². The first-order valence-electron chi connectivity index (χ1n) is 5.16. The molecule has 0 saturated heterocycles. The summed E-state index contributed by atoms with van der Waals surface area (Å²) in [6, 6.07) is 9.19. The first kappa shape index (κ1) is 13.8. The van der Waals surface area contributed by atoms with Gasteiger partial charge in [-0.15, -0.1) is 11.8 Å². The van der Waals surface area contributed by atoms with E-state index < -0.39 is 19.0 Å². The molecule has 6 heteroatoms. The number of carbonyl (C=O) groups is 1. The number of benzene rings is 1. The fourth-order valence-corrected chi connectivity index (χ4v) is 1.87. The molecule has 94 valence electrons. The second-order valence-electron chi connectivity index (χ2n) is 3.19. The third kappa shape index (κ3) is 6.78. The zero-order valence-electron chi connectivity index (χ0n) is 9.16. The Morgan fingerprint density at radius 3 is 2.59 bits per heavy atom. The van der Waals surface area contributed by atoms with Crippen LogP contribution < -0.4 is 10.6 Å². The summed E-state index contributed by atoms with van der Waals surface area (Å²) in [5.41, 5.74) is 0. The van der Waals surface area contributed by atoms with Crippen LogP contribution in [0.25, 0.3) is 0 Å². The molecule has 0 radical (unpaired) electrons. The molecule has 0 bridgehead atoms. The van der Waals surface area contributed by atoms with E-state index in [4.69, 9.17) is 0 Å². The second kappa shape index (κ2) is 7.89. The molecule has 0 atom stereocenters. The quantitative estimate of drug-likeness (QED) is 0.609. The number of halogens is 2. The summed E-state index contributed by atoms with van der Waals surface area (Å²) in [7, 11) is 0. The Labute approximate surface area is 103 Å². The predicted molar refractivity (Wildman–Crippen MR) is 64.6 cm³/mol. The zero-order chi connectivity index (χ0) is 12.5. The van der Waals surface area contributed by atoms with E-state index in [9.17, 15) is 13.6 Å². The minimum absolute atomic E-state index is 0.439. The van der Waals surface area contributed by atoms with Crippen molar-refractivity contribution in [3.05, 3.63) is 30.3 Å². The molecule has 3 nitrogen and oxygen atoms in total. The molecule has 2 amide bonds. The van der Waals surface area contributed by atoms with Crippen LogP contribution in [0, 0.1) is 0 Å². The molecule has 0 aliphatic rings. The van der Waals surface area contributed by atoms with E-state index in [-0.39, 0.29) is 0 Å². The molecule has 0 aliphatic heterocycles. The number of alkyl halides is 2. The summed E-state index contributed by atoms with van der Waals surface area (Å²) in [6.45, 7) is -0.174. The maximum absolute atomic E-state index is 11.8. The fraction of sp³-hybridized carbons (Fsp3) is 0.364. The number of rotatable bonds is 6. The first-order valence-corrected chi connectivity index (χ1v) is 6.14. The highest BCUT2D eigenvalue weighted by Crippen LogP contribution is 2.15. The van der Waals surface area contributed by atoms with Crippen LogP contribution in [-0.4, -0.2) is 31.3 Å². The van der Waals surface area contributed by atoms with Gasteiger partial charge in [-0.2, -0.15) is 0 Å². The van der Waals surface area contributed by atoms with E-state index in [0.717, 1.165) is 4.90 Å². The van der Waals surface area contributed by atoms with Crippen LogP contribution >= 0.6 is 11.8 Å². The van der Waals surface area contributed by atoms with Crippen LogP contribution in [0.15, 0.2) is 35.2 Å². The van der Waals surface area contributed by atoms with E-state index in [0.29, 0.717) is 12.3 Å². The maximum atomic E-state index is 11.8. The van der Waals surface area contributed by atoms with Crippen molar-refractivity contribution >= 4 is 17.8 Å². The lowest BCUT2D eigenvalue weighted by Gasteiger charge is -2.06. The highest BCUT2D eigenvalue weighted by molar-refractivity contribution is 7.99. The van der Waals surface area contributed by atoms with Gasteiger partial charge in [0.25, 0.3) is 6.43 Å². The average molecular weight is 260 g/mol. The van der Waals surface area contributed by atoms with Gasteiger partial charge in [0.15, 0.2) is 0 Å². The average Bonchev–Trinajstić information content (AvgIpc) is 2.33. The maximum Gasteiger partial charge on any atom is 0.315 e. The van der Waals surface area contributed by atoms with Crippen molar-refractivity contribution < 1.29 is 13.6 Å². The van der Waals surface area contributed by atoms with Crippen LogP contribution in [-0.2, 0) is 0 Å². The molecule has 0 aliphatic carbocycles. The highest BCUT2D eigenvalue weighted by atomic mass is 32.2. The summed E-state index contributed by atoms with van der Waals surface area (Å²) < 4.78 is 23.5. The van der Waals surface area contributed by atoms with Crippen LogP contribution in [0.3, 0.4) is 0 Å². The molecular weight excluding hydrogens is 246 g/mol. The topological polar surface area (TPSA) is 41.1 Å². The largest absolute Gasteiger partial charge is 0.337 e. The minimum Gasteiger partial charge on any atom is -0.337 e. The highest BCUT2D eigenvalue weighted by Gasteiger charge is 2.04. The van der Waals surface area contributed by atoms with Gasteiger partial charge in [-0.3, -0.25) is 0 Å². The van der Waals surface area contributed by atoms with E-state index in [1.165, 1.54) is 0 Å². The Morgan fingerprint density at radius 2 is 1.94 bits per heavy atom. The smallest absolute Gasteiger partial charge is 0.315 e. The minimum atomic E-state index is -2.51. The molecule has 1 aromatic carbocycles. The van der Waals surface area contributed by atoms with Crippen LogP contribution in [0.4, 0.5) is 13.6 Å². The Bertz CT molecular complexity index is 336. The SMILES string of the molecule is O=C(NCCSc1ccccc1)NCC(F)F. The van der Waals surface area contributed by atoms with Gasteiger partial charge in [0, 0.05) is 17.2 Å². The summed E-state index contributed by atoms with van der Waals surface area (Å²) in [5.74, 6) is 0.701. The number of hydrogen-bond acceptors (Lipinski definition) is 2. The van der Waals surface area contributed by atoms with Crippen molar-refractivity contribution in [3.63, 3.8) is 0 Å². The molecule has 2 N–H and O–H groups in total. The lowest BCUT2D eigenvalue weighted by atomic mass is 10.4. The first-order chi connectivity index (χ1) is 8.18. The van der Waals surface area contributed by atoms with Crippen LogP contribution in [0.2, 0.25) is 0 Å². The Kier molecular flexibility index (Phi) is 6.39. The molecule has 0 spiro atoms. The van der Waals surface area contributed by atoms with Gasteiger partial charge < -0.3 is 10.6 Å². The molecule has 0 fully saturated rings. The van der Waals surface area contributed by atoms with E-state index in [1.54, 1.807) is 11.8 Å². The summed E-state index contributed by atoms with van der Waals surface area (Å²) in [6.07, 6.45) is -2.51. The van der Waals surface area contributed by atoms with Gasteiger partial charge in [0.05, 0.1) is 6.54 Å². The Balaban J connectivity index is 2.06. The zero-order valence-corrected chi connectivity index (χ0v) is 9.97. The summed E-state index contributed by atoms with van der Waals surface area (Å²) in [4.78, 5) is 12.1. The molecular formula is C11H14F2N2OS. The van der Waals surface area contributed by atoms with Gasteiger partial charge in [0.1, 0.15) is 0 Å². The van der Waals surface area contributed by atoms with Crippen molar-refractivity contribution in [2.45, 2.75) is 11.3 Å². The van der Waals surface area contributed by atoms with Gasteiger partial charge in [-0.1, -0.05) is 18.2 Å². The number of nitrogens with one attached hydrogen (secondary N) is 2. The Morgan fingerprint density at radius 1 is 1.24 bits per heavy atom. The van der Waals surface area contributed by atoms with Crippen molar-refractivity contribution in [1.29, 1.82) is 0 Å². The van der Waals surface area contributed by atoms with Crippen molar-refractivity contribution in [2.24, 2.45) is 0 Å². The van der Waals surface area contributed by atoms with Crippen molar-refractivity contribution in [2.75, 3.05) is 18.8 Å². The summed E-state index contributed by atoms with van der Waals surface area (Å²) >= 11 is 1.60. The van der Waals surface area contributed by atoms with E-state index in [1.807, 2.05) is 30.3 Å². The lowest BCUT2D eigenvalue weighted by Crippen LogP contribution is -2.38. The molecule has 0 saturated carbocycles. The number of carbonyl (C=O) groups excluding carboxylic acids is 1. The van der Waals surface area contributed by atoms with Crippen molar-refractivity contribution in [3.8, 4) is 0 Å². The molecule has 0 aromatic heterocycles. The molecule has 0 heterocycles. The van der Waals surface area contributed by atoms with Crippen LogP contribution in [0.1, 0.15) is 0 Å². The predicted octanol–water partition coefficient (Wildman–Crippen LogP) is 2.34. The van der Waals surface area contributed by atoms with Gasteiger partial charge in [0.2, 0.25) is 0 Å². The number of hydrogen-bond donors (Lipinski definition) is 2. The Hall–Kier alpha value is -1.30. The monoisotopic (exact) mass is 260 g/mol. The number of amides is 2. The van der Waals surface area contributed by atoms with Crippen molar-refractivity contribution in [1.82, 2.24) is 10.6 Å². The van der Waals surface area contributed by atoms with Gasteiger partial charge >= 0.3 is 6.03 Å². The normalized spacial score (nSPS) is 10.3. The fourth-order valence-electron chi connectivity index (χ4n) is 1.08. The van der Waals surface area contributed by atoms with E-state index >= 15 is 0 Å². The number of urea groups is 1. The van der Waals surface area contributed by atoms with Gasteiger partial charge in [-0.05, 0) is 12.1 Å². The standard InChI is InChI=1S/C11H14F2N2OS/c12-10(13)8-15-11(16)14-6-7-17-9-4-2-1-3-5-9/h1-5,10H,6-8H2,(H2,14,15,16). The van der Waals surface area contributed by atoms with Gasteiger partial charge in [-0.25, -0.2) is 13.6 Å². The molecule has 17 heavy (non-hydrogen) atoms. The molecule has 0 unspecified atom stereocenters. The summed E-state index contributed by atoms with van der Waals surface area (Å²) in [5, 5.41) is 4.58. The molecule has 1 aromatic rings. The third-order valence-corrected chi connectivity index (χ3v) is 2.83. The van der Waals surface area contributed by atoms with E-state index in [2.05, 4.69) is 10.6 Å². The number of thioether (sulfide) groups is 1.